The van der Waals surface area contributed by atoms with E-state index in [-0.39, 0.29) is 31.3 Å². The molecule has 0 aliphatic carbocycles. The molecular formula is C46H36N2O7S+2. The first-order chi connectivity index (χ1) is 27.0. The highest BCUT2D eigenvalue weighted by Gasteiger charge is 2.56. The first kappa shape index (κ1) is 36.8. The molecule has 0 unspecified atom stereocenters. The monoisotopic (exact) mass is 760 g/mol. The fourth-order valence-corrected chi connectivity index (χ4v) is 7.93. The number of rotatable bonds is 7. The summed E-state index contributed by atoms with van der Waals surface area (Å²) in [5, 5.41) is 41.8. The summed E-state index contributed by atoms with van der Waals surface area (Å²) in [6.45, 7) is 1.12. The highest BCUT2D eigenvalue weighted by Crippen LogP contribution is 2.38. The molecule has 2 aromatic heterocycles. The Morgan fingerprint density at radius 3 is 1.32 bits per heavy atom. The first-order valence-electron chi connectivity index (χ1n) is 17.8. The Hall–Kier alpha value is -6.21. The quantitative estimate of drug-likeness (QED) is 0.0663. The zero-order valence-electron chi connectivity index (χ0n) is 30.2. The van der Waals surface area contributed by atoms with Gasteiger partial charge in [0.2, 0.25) is 0 Å². The lowest BCUT2D eigenvalue weighted by Crippen LogP contribution is -2.68. The lowest BCUT2D eigenvalue weighted by atomic mass is 9.96. The molecule has 5 N–H and O–H groups in total. The molecule has 0 atom stereocenters. The topological polar surface area (TPSA) is 143 Å². The standard InChI is InChI=1S/C46H35N2O7S/c1-30-2-4-37(5-3-30)40-14-18-47-44-42(40)10-11-43-41(38-6-8-39(9-7-38)56(53,54)55)15-19-48(45(43)44)46(47,16-12-31-20-33(26-49)24-34(21-31)27-50)17-13-32-22-35(28-51)25-36(23-32)29-52/h2-11,14-15,18-25,49-52H,26-29H2,1H3/q+1/p+1. The maximum absolute atomic E-state index is 11.9. The average molecular weight is 761 g/mol. The molecule has 0 saturated carbocycles. The second-order valence-corrected chi connectivity index (χ2v) is 15.2. The number of pyridine rings is 2. The highest BCUT2D eigenvalue weighted by molar-refractivity contribution is 7.85. The molecule has 0 bridgehead atoms. The van der Waals surface area contributed by atoms with E-state index in [9.17, 15) is 33.4 Å². The van der Waals surface area contributed by atoms with Gasteiger partial charge in [0.25, 0.3) is 21.2 Å². The van der Waals surface area contributed by atoms with Gasteiger partial charge < -0.3 is 20.4 Å². The van der Waals surface area contributed by atoms with E-state index in [1.807, 2.05) is 46.7 Å². The fraction of sp³-hybridized carbons (Fsp3) is 0.130. The molecule has 7 aromatic rings. The van der Waals surface area contributed by atoms with Crippen LogP contribution in [0.2, 0.25) is 0 Å². The predicted molar refractivity (Wildman–Crippen MR) is 211 cm³/mol. The van der Waals surface area contributed by atoms with Crippen LogP contribution in [0.5, 0.6) is 0 Å². The molecule has 3 heterocycles. The summed E-state index contributed by atoms with van der Waals surface area (Å²) in [4.78, 5) is -0.208. The third-order valence-electron chi connectivity index (χ3n) is 10.1. The molecule has 1 aliphatic heterocycles. The molecule has 0 fully saturated rings. The number of aryl methyl sites for hydroxylation is 1. The van der Waals surface area contributed by atoms with Gasteiger partial charge in [0.05, 0.1) is 53.9 Å². The molecule has 56 heavy (non-hydrogen) atoms. The van der Waals surface area contributed by atoms with Crippen LogP contribution in [-0.4, -0.2) is 33.4 Å². The summed E-state index contributed by atoms with van der Waals surface area (Å²) in [6, 6.07) is 33.0. The number of benzene rings is 5. The van der Waals surface area contributed by atoms with E-state index in [0.717, 1.165) is 49.6 Å². The molecule has 276 valence electrons. The van der Waals surface area contributed by atoms with Crippen molar-refractivity contribution in [3.63, 3.8) is 0 Å². The van der Waals surface area contributed by atoms with E-state index < -0.39 is 15.8 Å². The van der Waals surface area contributed by atoms with Gasteiger partial charge >= 0.3 is 5.66 Å². The SMILES string of the molecule is Cc1ccc(-c2cc[n+]3c4c2ccc2c(-c5ccc(S(=O)(=O)O)cc5)cc[n+](c24)C3(C#Cc2cc(CO)cc(CO)c2)C#Cc2cc(CO)cc(CO)c2)cc1. The summed E-state index contributed by atoms with van der Waals surface area (Å²) < 4.78 is 37.5. The van der Waals surface area contributed by atoms with Gasteiger partial charge in [-0.2, -0.15) is 8.42 Å². The minimum absolute atomic E-state index is 0.208. The normalized spacial score (nSPS) is 12.8. The maximum Gasteiger partial charge on any atom is 0.492 e. The van der Waals surface area contributed by atoms with Crippen molar-refractivity contribution in [2.75, 3.05) is 0 Å². The van der Waals surface area contributed by atoms with Gasteiger partial charge in [-0.3, -0.25) is 4.55 Å². The molecule has 10 heteroatoms. The van der Waals surface area contributed by atoms with Crippen molar-refractivity contribution < 1.29 is 42.5 Å². The fourth-order valence-electron chi connectivity index (χ4n) is 7.45. The molecule has 5 aromatic carbocycles. The van der Waals surface area contributed by atoms with E-state index in [1.165, 1.54) is 12.1 Å². The number of hydrogen-bond donors (Lipinski definition) is 5. The second kappa shape index (κ2) is 14.5. The van der Waals surface area contributed by atoms with Crippen molar-refractivity contribution in [1.29, 1.82) is 0 Å². The Bertz CT molecular complexity index is 2840. The number of hydrogen-bond acceptors (Lipinski definition) is 6. The van der Waals surface area contributed by atoms with Gasteiger partial charge in [0, 0.05) is 34.4 Å². The molecule has 0 saturated heterocycles. The highest BCUT2D eigenvalue weighted by atomic mass is 32.2. The van der Waals surface area contributed by atoms with Gasteiger partial charge in [-0.05, 0) is 88.8 Å². The van der Waals surface area contributed by atoms with E-state index in [4.69, 9.17) is 0 Å². The molecule has 1 aliphatic rings. The van der Waals surface area contributed by atoms with Crippen LogP contribution in [0, 0.1) is 30.6 Å². The van der Waals surface area contributed by atoms with E-state index >= 15 is 0 Å². The van der Waals surface area contributed by atoms with Crippen molar-refractivity contribution >= 4 is 31.9 Å². The van der Waals surface area contributed by atoms with Gasteiger partial charge in [-0.15, -0.1) is 9.13 Å². The van der Waals surface area contributed by atoms with Crippen LogP contribution in [0.3, 0.4) is 0 Å². The third kappa shape index (κ3) is 6.51. The third-order valence-corrected chi connectivity index (χ3v) is 11.0. The van der Waals surface area contributed by atoms with Crippen LogP contribution < -0.4 is 9.13 Å². The van der Waals surface area contributed by atoms with Crippen molar-refractivity contribution in [3.05, 3.63) is 161 Å². The van der Waals surface area contributed by atoms with Gasteiger partial charge in [-0.25, -0.2) is 0 Å². The Labute approximate surface area is 323 Å². The van der Waals surface area contributed by atoms with E-state index in [0.29, 0.717) is 33.4 Å². The number of aliphatic hydroxyl groups is 4. The molecular weight excluding hydrogens is 725 g/mol. The minimum atomic E-state index is -4.39. The van der Waals surface area contributed by atoms with Crippen molar-refractivity contribution in [3.8, 4) is 45.9 Å². The largest absolute Gasteiger partial charge is 0.492 e. The van der Waals surface area contributed by atoms with Crippen molar-refractivity contribution in [1.82, 2.24) is 0 Å². The Morgan fingerprint density at radius 1 is 0.554 bits per heavy atom. The number of aliphatic hydroxyl groups excluding tert-OH is 4. The molecule has 0 spiro atoms. The van der Waals surface area contributed by atoms with Crippen LogP contribution in [0.4, 0.5) is 0 Å². The smallest absolute Gasteiger partial charge is 0.392 e. The van der Waals surface area contributed by atoms with Crippen molar-refractivity contribution in [2.45, 2.75) is 43.9 Å². The second-order valence-electron chi connectivity index (χ2n) is 13.8. The first-order valence-corrected chi connectivity index (χ1v) is 19.3. The summed E-state index contributed by atoms with van der Waals surface area (Å²) >= 11 is 0. The van der Waals surface area contributed by atoms with Crippen LogP contribution in [-0.2, 0) is 42.2 Å². The Kier molecular flexibility index (Phi) is 9.49. The molecule has 0 amide bonds. The predicted octanol–water partition coefficient (Wildman–Crippen LogP) is 5.04. The number of nitrogens with zero attached hydrogens (tertiary/aromatic N) is 2. The zero-order chi connectivity index (χ0) is 39.2. The van der Waals surface area contributed by atoms with E-state index in [2.05, 4.69) is 54.0 Å². The Balaban J connectivity index is 1.46. The summed E-state index contributed by atoms with van der Waals surface area (Å²) in [5.41, 5.74) is 8.54. The lowest BCUT2D eigenvalue weighted by Gasteiger charge is -2.10. The van der Waals surface area contributed by atoms with Crippen LogP contribution in [0.15, 0.2) is 126 Å². The van der Waals surface area contributed by atoms with Gasteiger partial charge in [0.15, 0.2) is 12.4 Å². The summed E-state index contributed by atoms with van der Waals surface area (Å²) in [6.07, 6.45) is 3.88. The van der Waals surface area contributed by atoms with Gasteiger partial charge in [-0.1, -0.05) is 65.9 Å². The van der Waals surface area contributed by atoms with Crippen LogP contribution in [0.1, 0.15) is 38.9 Å². The molecule has 8 rings (SSSR count). The minimum Gasteiger partial charge on any atom is -0.392 e. The van der Waals surface area contributed by atoms with Gasteiger partial charge in [0.1, 0.15) is 0 Å². The maximum atomic E-state index is 11.9. The zero-order valence-corrected chi connectivity index (χ0v) is 31.0. The number of aromatic nitrogens is 2. The van der Waals surface area contributed by atoms with Crippen LogP contribution in [0.25, 0.3) is 44.1 Å². The Morgan fingerprint density at radius 2 is 0.946 bits per heavy atom. The van der Waals surface area contributed by atoms with Crippen LogP contribution >= 0.6 is 0 Å². The van der Waals surface area contributed by atoms with E-state index in [1.54, 1.807) is 48.5 Å². The van der Waals surface area contributed by atoms with Crippen molar-refractivity contribution in [2.24, 2.45) is 0 Å². The summed E-state index contributed by atoms with van der Waals surface area (Å²) in [5.74, 6) is 13.7. The average Bonchev–Trinajstić information content (AvgIpc) is 3.51. The lowest BCUT2D eigenvalue weighted by molar-refractivity contribution is -0.923. The molecule has 0 radical (unpaired) electrons. The molecule has 9 nitrogen and oxygen atoms in total. The summed E-state index contributed by atoms with van der Waals surface area (Å²) in [7, 11) is -4.39.